The summed E-state index contributed by atoms with van der Waals surface area (Å²) in [5.74, 6) is 0.147. The average Bonchev–Trinajstić information content (AvgIpc) is 2.71. The summed E-state index contributed by atoms with van der Waals surface area (Å²) in [6, 6.07) is 11.9. The van der Waals surface area contributed by atoms with E-state index in [1.165, 1.54) is 6.08 Å². The molecule has 0 aliphatic carbocycles. The second-order valence-corrected chi connectivity index (χ2v) is 6.19. The van der Waals surface area contributed by atoms with Crippen LogP contribution in [0.5, 0.6) is 11.5 Å². The maximum absolute atomic E-state index is 11.8. The first-order valence-electron chi connectivity index (χ1n) is 8.73. The molecule has 2 rings (SSSR count). The van der Waals surface area contributed by atoms with Crippen LogP contribution in [0, 0.1) is 0 Å². The zero-order chi connectivity index (χ0) is 20.4. The number of nitrogens with one attached hydrogen (secondary N) is 1. The number of hydrogen-bond acceptors (Lipinski definition) is 5. The van der Waals surface area contributed by atoms with Crippen molar-refractivity contribution in [3.8, 4) is 11.5 Å². The van der Waals surface area contributed by atoms with Crippen LogP contribution in [0.25, 0.3) is 6.08 Å². The standard InChI is InChI=1S/C21H22ClNO5/c1-3-12-27-18-10-4-15(13-19(18)26-2)5-11-21(25)28-14-20(24)23-17-8-6-16(22)7-9-17/h4-11,13H,3,12,14H2,1-2H3,(H,23,24)/b11-5+. The van der Waals surface area contributed by atoms with Gasteiger partial charge in [-0.25, -0.2) is 4.79 Å². The fourth-order valence-electron chi connectivity index (χ4n) is 2.20. The summed E-state index contributed by atoms with van der Waals surface area (Å²) >= 11 is 5.78. The molecule has 0 saturated carbocycles. The number of amides is 1. The number of halogens is 1. The van der Waals surface area contributed by atoms with Crippen molar-refractivity contribution in [2.75, 3.05) is 25.6 Å². The Kier molecular flexibility index (Phi) is 8.37. The third-order valence-electron chi connectivity index (χ3n) is 3.53. The lowest BCUT2D eigenvalue weighted by Crippen LogP contribution is -2.20. The predicted molar refractivity (Wildman–Crippen MR) is 109 cm³/mol. The van der Waals surface area contributed by atoms with Crippen LogP contribution in [0.1, 0.15) is 18.9 Å². The molecule has 2 aromatic carbocycles. The van der Waals surface area contributed by atoms with Gasteiger partial charge in [-0.3, -0.25) is 4.79 Å². The second-order valence-electron chi connectivity index (χ2n) is 5.75. The highest BCUT2D eigenvalue weighted by Gasteiger charge is 2.07. The van der Waals surface area contributed by atoms with E-state index in [-0.39, 0.29) is 6.61 Å². The minimum absolute atomic E-state index is 0.390. The third kappa shape index (κ3) is 6.96. The summed E-state index contributed by atoms with van der Waals surface area (Å²) in [7, 11) is 1.55. The molecule has 0 fully saturated rings. The second kappa shape index (κ2) is 11.0. The van der Waals surface area contributed by atoms with Gasteiger partial charge in [0.15, 0.2) is 18.1 Å². The van der Waals surface area contributed by atoms with E-state index in [1.807, 2.05) is 6.92 Å². The summed E-state index contributed by atoms with van der Waals surface area (Å²) in [6.07, 6.45) is 3.71. The lowest BCUT2D eigenvalue weighted by atomic mass is 10.2. The molecule has 0 atom stereocenters. The SMILES string of the molecule is CCCOc1ccc(/C=C/C(=O)OCC(=O)Nc2ccc(Cl)cc2)cc1OC. The summed E-state index contributed by atoms with van der Waals surface area (Å²) < 4.78 is 15.8. The first-order valence-corrected chi connectivity index (χ1v) is 9.10. The van der Waals surface area contributed by atoms with Crippen LogP contribution in [-0.4, -0.2) is 32.2 Å². The molecule has 6 nitrogen and oxygen atoms in total. The van der Waals surface area contributed by atoms with E-state index in [4.69, 9.17) is 25.8 Å². The molecule has 0 aliphatic heterocycles. The normalized spacial score (nSPS) is 10.5. The van der Waals surface area contributed by atoms with Gasteiger partial charge >= 0.3 is 5.97 Å². The van der Waals surface area contributed by atoms with Gasteiger partial charge in [-0.2, -0.15) is 0 Å². The van der Waals surface area contributed by atoms with Crippen LogP contribution in [0.4, 0.5) is 5.69 Å². The van der Waals surface area contributed by atoms with Gasteiger partial charge in [-0.05, 0) is 54.5 Å². The highest BCUT2D eigenvalue weighted by atomic mass is 35.5. The van der Waals surface area contributed by atoms with Gasteiger partial charge in [0, 0.05) is 16.8 Å². The Hall–Kier alpha value is -2.99. The van der Waals surface area contributed by atoms with Crippen LogP contribution < -0.4 is 14.8 Å². The van der Waals surface area contributed by atoms with Gasteiger partial charge in [0.1, 0.15) is 0 Å². The molecule has 0 aromatic heterocycles. The predicted octanol–water partition coefficient (Wildman–Crippen LogP) is 4.33. The van der Waals surface area contributed by atoms with Crippen molar-refractivity contribution in [2.24, 2.45) is 0 Å². The van der Waals surface area contributed by atoms with E-state index in [2.05, 4.69) is 5.32 Å². The number of carbonyl (C=O) groups excluding carboxylic acids is 2. The van der Waals surface area contributed by atoms with Crippen molar-refractivity contribution >= 4 is 35.2 Å². The molecule has 1 amide bonds. The Morgan fingerprint density at radius 3 is 2.54 bits per heavy atom. The van der Waals surface area contributed by atoms with Crippen LogP contribution in [-0.2, 0) is 14.3 Å². The largest absolute Gasteiger partial charge is 0.493 e. The lowest BCUT2D eigenvalue weighted by Gasteiger charge is -2.10. The van der Waals surface area contributed by atoms with E-state index in [1.54, 1.807) is 55.7 Å². The van der Waals surface area contributed by atoms with Gasteiger partial charge in [-0.15, -0.1) is 0 Å². The third-order valence-corrected chi connectivity index (χ3v) is 3.79. The number of benzene rings is 2. The molecule has 7 heteroatoms. The Labute approximate surface area is 169 Å². The topological polar surface area (TPSA) is 73.9 Å². The molecule has 1 N–H and O–H groups in total. The van der Waals surface area contributed by atoms with Crippen LogP contribution in [0.2, 0.25) is 5.02 Å². The average molecular weight is 404 g/mol. The number of methoxy groups -OCH3 is 1. The van der Waals surface area contributed by atoms with Crippen molar-refractivity contribution in [1.29, 1.82) is 0 Å². The molecule has 28 heavy (non-hydrogen) atoms. The number of hydrogen-bond donors (Lipinski definition) is 1. The Morgan fingerprint density at radius 2 is 1.86 bits per heavy atom. The van der Waals surface area contributed by atoms with E-state index in [9.17, 15) is 9.59 Å². The van der Waals surface area contributed by atoms with E-state index in [0.717, 1.165) is 12.0 Å². The molecule has 0 radical (unpaired) electrons. The Bertz CT molecular complexity index is 833. The molecule has 0 spiro atoms. The number of rotatable bonds is 9. The van der Waals surface area contributed by atoms with Gasteiger partial charge in [0.2, 0.25) is 0 Å². The van der Waals surface area contributed by atoms with Crippen LogP contribution in [0.3, 0.4) is 0 Å². The Morgan fingerprint density at radius 1 is 1.11 bits per heavy atom. The molecule has 0 aliphatic rings. The van der Waals surface area contributed by atoms with Crippen molar-refractivity contribution < 1.29 is 23.8 Å². The fourth-order valence-corrected chi connectivity index (χ4v) is 2.32. The quantitative estimate of drug-likeness (QED) is 0.498. The maximum atomic E-state index is 11.8. The Balaban J connectivity index is 1.85. The molecular weight excluding hydrogens is 382 g/mol. The van der Waals surface area contributed by atoms with Crippen LogP contribution in [0.15, 0.2) is 48.5 Å². The van der Waals surface area contributed by atoms with E-state index in [0.29, 0.717) is 28.8 Å². The molecule has 0 unspecified atom stereocenters. The molecule has 0 bridgehead atoms. The van der Waals surface area contributed by atoms with Gasteiger partial charge in [0.05, 0.1) is 13.7 Å². The van der Waals surface area contributed by atoms with Gasteiger partial charge < -0.3 is 19.5 Å². The van der Waals surface area contributed by atoms with Crippen molar-refractivity contribution in [1.82, 2.24) is 0 Å². The van der Waals surface area contributed by atoms with E-state index >= 15 is 0 Å². The molecule has 2 aromatic rings. The zero-order valence-electron chi connectivity index (χ0n) is 15.7. The number of anilines is 1. The van der Waals surface area contributed by atoms with E-state index < -0.39 is 11.9 Å². The summed E-state index contributed by atoms with van der Waals surface area (Å²) in [5, 5.41) is 3.17. The van der Waals surface area contributed by atoms with Crippen LogP contribution >= 0.6 is 11.6 Å². The van der Waals surface area contributed by atoms with Crippen molar-refractivity contribution in [3.05, 3.63) is 59.1 Å². The first kappa shape index (κ1) is 21.3. The summed E-state index contributed by atoms with van der Waals surface area (Å²) in [6.45, 7) is 2.22. The minimum Gasteiger partial charge on any atom is -0.493 e. The zero-order valence-corrected chi connectivity index (χ0v) is 16.5. The highest BCUT2D eigenvalue weighted by molar-refractivity contribution is 6.30. The number of ether oxygens (including phenoxy) is 3. The molecule has 0 saturated heterocycles. The summed E-state index contributed by atoms with van der Waals surface area (Å²) in [5.41, 5.74) is 1.31. The number of carbonyl (C=O) groups is 2. The molecule has 0 heterocycles. The molecule has 148 valence electrons. The highest BCUT2D eigenvalue weighted by Crippen LogP contribution is 2.28. The molecular formula is C21H22ClNO5. The number of esters is 1. The smallest absolute Gasteiger partial charge is 0.331 e. The maximum Gasteiger partial charge on any atom is 0.331 e. The van der Waals surface area contributed by atoms with Crippen molar-refractivity contribution in [3.63, 3.8) is 0 Å². The lowest BCUT2D eigenvalue weighted by molar-refractivity contribution is -0.142. The monoisotopic (exact) mass is 403 g/mol. The minimum atomic E-state index is -0.628. The summed E-state index contributed by atoms with van der Waals surface area (Å²) in [4.78, 5) is 23.6. The van der Waals surface area contributed by atoms with Gasteiger partial charge in [0.25, 0.3) is 5.91 Å². The first-order chi connectivity index (χ1) is 13.5. The fraction of sp³-hybridized carbons (Fsp3) is 0.238. The van der Waals surface area contributed by atoms with Crippen molar-refractivity contribution in [2.45, 2.75) is 13.3 Å². The van der Waals surface area contributed by atoms with Gasteiger partial charge in [-0.1, -0.05) is 24.6 Å².